The number of hydrogen-bond donors (Lipinski definition) is 0. The van der Waals surface area contributed by atoms with E-state index in [0.717, 1.165) is 22.6 Å². The van der Waals surface area contributed by atoms with Crippen LogP contribution in [-0.2, 0) is 0 Å². The van der Waals surface area contributed by atoms with Gasteiger partial charge in [-0.25, -0.2) is 9.98 Å². The molecule has 0 amide bonds. The summed E-state index contributed by atoms with van der Waals surface area (Å²) in [5.74, 6) is 0.591. The summed E-state index contributed by atoms with van der Waals surface area (Å²) in [6.45, 7) is 0. The van der Waals surface area contributed by atoms with Gasteiger partial charge in [0, 0.05) is 5.56 Å². The van der Waals surface area contributed by atoms with E-state index in [9.17, 15) is 4.79 Å². The molecule has 3 aromatic carbocycles. The Morgan fingerprint density at radius 3 is 2.40 bits per heavy atom. The van der Waals surface area contributed by atoms with E-state index in [1.54, 1.807) is 4.57 Å². The van der Waals surface area contributed by atoms with Gasteiger partial charge in [0.25, 0.3) is 5.56 Å². The fourth-order valence-electron chi connectivity index (χ4n) is 3.25. The lowest BCUT2D eigenvalue weighted by atomic mass is 10.1. The Morgan fingerprint density at radius 1 is 0.800 bits per heavy atom. The van der Waals surface area contributed by atoms with Crippen molar-refractivity contribution in [2.45, 2.75) is 0 Å². The molecule has 5 rings (SSSR count). The molecule has 0 unspecified atom stereocenters. The summed E-state index contributed by atoms with van der Waals surface area (Å²) >= 11 is 0. The lowest BCUT2D eigenvalue weighted by Gasteiger charge is -2.05. The number of aliphatic imine (C=N–C) groups is 1. The van der Waals surface area contributed by atoms with Crippen LogP contribution < -0.4 is 5.56 Å². The quantitative estimate of drug-likeness (QED) is 0.470. The van der Waals surface area contributed by atoms with Gasteiger partial charge in [0.2, 0.25) is 0 Å². The van der Waals surface area contributed by atoms with Crippen molar-refractivity contribution >= 4 is 22.3 Å². The van der Waals surface area contributed by atoms with Gasteiger partial charge in [-0.05, 0) is 30.3 Å². The first-order valence-corrected chi connectivity index (χ1v) is 8.08. The molecule has 1 aliphatic heterocycles. The van der Waals surface area contributed by atoms with E-state index in [4.69, 9.17) is 9.98 Å². The Morgan fingerprint density at radius 2 is 1.52 bits per heavy atom. The molecule has 25 heavy (non-hydrogen) atoms. The Kier molecular flexibility index (Phi) is 2.91. The topological polar surface area (TPSA) is 47.2 Å². The number of rotatable bonds is 1. The molecule has 4 nitrogen and oxygen atoms in total. The molecule has 2 heterocycles. The predicted octanol–water partition coefficient (Wildman–Crippen LogP) is 3.87. The molecular formula is C21H13N3O. The zero-order valence-corrected chi connectivity index (χ0v) is 13.3. The van der Waals surface area contributed by atoms with Crippen molar-refractivity contribution in [3.63, 3.8) is 0 Å². The van der Waals surface area contributed by atoms with E-state index in [1.165, 1.54) is 0 Å². The van der Waals surface area contributed by atoms with Crippen molar-refractivity contribution in [1.29, 1.82) is 0 Å². The standard InChI is InChI=1S/C21H13N3O/c25-21-15-10-4-6-12-17(15)23-20-19(22-14-8-2-1-3-9-14)16-11-5-7-13-18(16)24(20)21/h1-13H. The highest BCUT2D eigenvalue weighted by atomic mass is 16.1. The summed E-state index contributed by atoms with van der Waals surface area (Å²) in [6, 6.07) is 25.0. The van der Waals surface area contributed by atoms with Gasteiger partial charge in [0.1, 0.15) is 5.71 Å². The molecule has 0 radical (unpaired) electrons. The molecule has 0 aliphatic carbocycles. The summed E-state index contributed by atoms with van der Waals surface area (Å²) in [4.78, 5) is 22.6. The zero-order valence-electron chi connectivity index (χ0n) is 13.3. The molecule has 0 N–H and O–H groups in total. The third-order valence-corrected chi connectivity index (χ3v) is 4.38. The second-order valence-electron chi connectivity index (χ2n) is 5.91. The fraction of sp³-hybridized carbons (Fsp3) is 0. The van der Waals surface area contributed by atoms with Crippen LogP contribution in [0.1, 0.15) is 11.4 Å². The summed E-state index contributed by atoms with van der Waals surface area (Å²) in [6.07, 6.45) is 0. The van der Waals surface area contributed by atoms with Gasteiger partial charge in [0.15, 0.2) is 5.82 Å². The summed E-state index contributed by atoms with van der Waals surface area (Å²) in [7, 11) is 0. The molecule has 0 fully saturated rings. The van der Waals surface area contributed by atoms with Crippen molar-refractivity contribution in [2.24, 2.45) is 4.99 Å². The number of aromatic nitrogens is 2. The van der Waals surface area contributed by atoms with Crippen LogP contribution in [0.3, 0.4) is 0 Å². The third-order valence-electron chi connectivity index (χ3n) is 4.38. The minimum Gasteiger partial charge on any atom is -0.268 e. The summed E-state index contributed by atoms with van der Waals surface area (Å²) in [5, 5.41) is 0.613. The number of para-hydroxylation sites is 3. The highest BCUT2D eigenvalue weighted by Gasteiger charge is 2.28. The van der Waals surface area contributed by atoms with Gasteiger partial charge < -0.3 is 0 Å². The van der Waals surface area contributed by atoms with Crippen LogP contribution in [0, 0.1) is 0 Å². The molecule has 0 saturated heterocycles. The highest BCUT2D eigenvalue weighted by molar-refractivity contribution is 6.17. The SMILES string of the molecule is O=c1c2ccccc2nc2n1-c1ccccc1C2=Nc1ccccc1. The number of fused-ring (bicyclic) bond motifs is 4. The van der Waals surface area contributed by atoms with Gasteiger partial charge in [-0.15, -0.1) is 0 Å². The highest BCUT2D eigenvalue weighted by Crippen LogP contribution is 2.28. The zero-order chi connectivity index (χ0) is 16.8. The van der Waals surface area contributed by atoms with Crippen LogP contribution in [-0.4, -0.2) is 15.3 Å². The lowest BCUT2D eigenvalue weighted by Crippen LogP contribution is -2.21. The van der Waals surface area contributed by atoms with Crippen molar-refractivity contribution in [3.8, 4) is 5.69 Å². The van der Waals surface area contributed by atoms with E-state index in [0.29, 0.717) is 16.7 Å². The van der Waals surface area contributed by atoms with Crippen LogP contribution in [0.15, 0.2) is 88.6 Å². The van der Waals surface area contributed by atoms with E-state index in [1.807, 2.05) is 78.9 Å². The Balaban J connectivity index is 1.90. The Labute approximate surface area is 143 Å². The maximum atomic E-state index is 13.0. The summed E-state index contributed by atoms with van der Waals surface area (Å²) < 4.78 is 1.67. The maximum absolute atomic E-state index is 13.0. The van der Waals surface area contributed by atoms with E-state index < -0.39 is 0 Å². The second-order valence-corrected chi connectivity index (χ2v) is 5.91. The first-order valence-electron chi connectivity index (χ1n) is 8.08. The number of hydrogen-bond acceptors (Lipinski definition) is 3. The molecular weight excluding hydrogens is 310 g/mol. The van der Waals surface area contributed by atoms with Crippen molar-refractivity contribution < 1.29 is 0 Å². The van der Waals surface area contributed by atoms with E-state index >= 15 is 0 Å². The maximum Gasteiger partial charge on any atom is 0.266 e. The smallest absolute Gasteiger partial charge is 0.266 e. The molecule has 0 spiro atoms. The number of benzene rings is 3. The molecule has 118 valence electrons. The Hall–Kier alpha value is -3.53. The van der Waals surface area contributed by atoms with E-state index in [-0.39, 0.29) is 5.56 Å². The number of nitrogens with zero attached hydrogens (tertiary/aromatic N) is 3. The summed E-state index contributed by atoms with van der Waals surface area (Å²) in [5.41, 5.74) is 3.94. The normalized spacial score (nSPS) is 13.8. The van der Waals surface area contributed by atoms with Gasteiger partial charge >= 0.3 is 0 Å². The minimum atomic E-state index is -0.0636. The third kappa shape index (κ3) is 2.04. The molecule has 1 aromatic heterocycles. The molecule has 1 aliphatic rings. The van der Waals surface area contributed by atoms with Crippen LogP contribution in [0.4, 0.5) is 5.69 Å². The van der Waals surface area contributed by atoms with Crippen molar-refractivity contribution in [3.05, 3.63) is 101 Å². The average Bonchev–Trinajstić information content (AvgIpc) is 2.97. The predicted molar refractivity (Wildman–Crippen MR) is 99.1 cm³/mol. The van der Waals surface area contributed by atoms with Gasteiger partial charge in [-0.2, -0.15) is 0 Å². The minimum absolute atomic E-state index is 0.0636. The van der Waals surface area contributed by atoms with Gasteiger partial charge in [-0.1, -0.05) is 48.5 Å². The van der Waals surface area contributed by atoms with Gasteiger partial charge in [-0.3, -0.25) is 9.36 Å². The average molecular weight is 323 g/mol. The van der Waals surface area contributed by atoms with Crippen LogP contribution in [0.2, 0.25) is 0 Å². The lowest BCUT2D eigenvalue weighted by molar-refractivity contribution is 0.967. The molecule has 4 heteroatoms. The van der Waals surface area contributed by atoms with E-state index in [2.05, 4.69) is 0 Å². The molecule has 0 bridgehead atoms. The van der Waals surface area contributed by atoms with Gasteiger partial charge in [0.05, 0.1) is 22.3 Å². The molecule has 0 saturated carbocycles. The fourth-order valence-corrected chi connectivity index (χ4v) is 3.25. The molecule has 0 atom stereocenters. The Bertz CT molecular complexity index is 1210. The van der Waals surface area contributed by atoms with Crippen LogP contribution >= 0.6 is 0 Å². The van der Waals surface area contributed by atoms with Crippen molar-refractivity contribution in [1.82, 2.24) is 9.55 Å². The first-order chi connectivity index (χ1) is 12.3. The second kappa shape index (κ2) is 5.24. The largest absolute Gasteiger partial charge is 0.268 e. The van der Waals surface area contributed by atoms with Crippen LogP contribution in [0.5, 0.6) is 0 Å². The monoisotopic (exact) mass is 323 g/mol. The van der Waals surface area contributed by atoms with Crippen LogP contribution in [0.25, 0.3) is 16.6 Å². The van der Waals surface area contributed by atoms with Crippen molar-refractivity contribution in [2.75, 3.05) is 0 Å². The molecule has 4 aromatic rings. The first kappa shape index (κ1) is 13.9.